The summed E-state index contributed by atoms with van der Waals surface area (Å²) in [7, 11) is 0. The van der Waals surface area contributed by atoms with Crippen LogP contribution in [0.1, 0.15) is 30.9 Å². The number of hydrogen-bond acceptors (Lipinski definition) is 6. The van der Waals surface area contributed by atoms with Gasteiger partial charge in [0.15, 0.2) is 0 Å². The summed E-state index contributed by atoms with van der Waals surface area (Å²) in [6.45, 7) is 4.77. The van der Waals surface area contributed by atoms with Gasteiger partial charge < -0.3 is 25.1 Å². The number of nitrogens with two attached hydrogens (primary N) is 1. The van der Waals surface area contributed by atoms with E-state index in [9.17, 15) is 10.4 Å². The zero-order chi connectivity index (χ0) is 18.7. The Bertz CT molecular complexity index is 899. The van der Waals surface area contributed by atoms with Crippen molar-refractivity contribution in [1.29, 1.82) is 5.26 Å². The molecule has 1 aliphatic rings. The molecule has 3 rings (SSSR count). The van der Waals surface area contributed by atoms with Gasteiger partial charge in [0.25, 0.3) is 0 Å². The van der Waals surface area contributed by atoms with Gasteiger partial charge in [-0.3, -0.25) is 0 Å². The van der Waals surface area contributed by atoms with Crippen LogP contribution in [0.25, 0.3) is 0 Å². The highest BCUT2D eigenvalue weighted by atomic mass is 16.5. The van der Waals surface area contributed by atoms with E-state index < -0.39 is 5.92 Å². The Labute approximate surface area is 152 Å². The van der Waals surface area contributed by atoms with Crippen molar-refractivity contribution in [2.75, 3.05) is 13.2 Å². The van der Waals surface area contributed by atoms with Crippen molar-refractivity contribution < 1.29 is 19.3 Å². The van der Waals surface area contributed by atoms with Gasteiger partial charge in [0, 0.05) is 11.1 Å². The summed E-state index contributed by atoms with van der Waals surface area (Å²) in [5.74, 6) is 1.37. The maximum atomic E-state index is 9.95. The van der Waals surface area contributed by atoms with E-state index >= 15 is 0 Å². The fourth-order valence-corrected chi connectivity index (χ4v) is 3.06. The van der Waals surface area contributed by atoms with E-state index in [0.29, 0.717) is 36.0 Å². The summed E-state index contributed by atoms with van der Waals surface area (Å²) in [5.41, 5.74) is 7.63. The zero-order valence-electron chi connectivity index (χ0n) is 14.7. The summed E-state index contributed by atoms with van der Waals surface area (Å²) < 4.78 is 16.9. The molecule has 0 unspecified atom stereocenters. The molecule has 3 N–H and O–H groups in total. The maximum absolute atomic E-state index is 9.95. The molecule has 0 aromatic heterocycles. The lowest BCUT2D eigenvalue weighted by molar-refractivity contribution is 0.325. The Morgan fingerprint density at radius 1 is 1.12 bits per heavy atom. The van der Waals surface area contributed by atoms with Crippen LogP contribution in [0.5, 0.6) is 23.0 Å². The van der Waals surface area contributed by atoms with E-state index in [4.69, 9.17) is 19.9 Å². The third-order valence-corrected chi connectivity index (χ3v) is 4.10. The van der Waals surface area contributed by atoms with Crippen LogP contribution in [0, 0.1) is 11.3 Å². The molecule has 6 heteroatoms. The molecule has 0 saturated heterocycles. The Hall–Kier alpha value is -3.33. The number of nitrogens with zero attached hydrogens (tertiary/aromatic N) is 1. The first-order chi connectivity index (χ1) is 12.6. The number of allylic oxidation sites excluding steroid dienone is 1. The van der Waals surface area contributed by atoms with E-state index in [0.717, 1.165) is 5.56 Å². The summed E-state index contributed by atoms with van der Waals surface area (Å²) >= 11 is 0. The Morgan fingerprint density at radius 2 is 1.88 bits per heavy atom. The number of fused-ring (bicyclic) bond motifs is 1. The number of aromatic hydroxyl groups is 1. The Morgan fingerprint density at radius 3 is 2.58 bits per heavy atom. The molecule has 6 nitrogen and oxygen atoms in total. The second-order valence-corrected chi connectivity index (χ2v) is 5.71. The molecular formula is C20H20N2O4. The number of nitriles is 1. The zero-order valence-corrected chi connectivity index (χ0v) is 14.7. The minimum atomic E-state index is -0.530. The first-order valence-electron chi connectivity index (χ1n) is 8.39. The first-order valence-corrected chi connectivity index (χ1v) is 8.39. The molecular weight excluding hydrogens is 332 g/mol. The van der Waals surface area contributed by atoms with Gasteiger partial charge in [0.2, 0.25) is 5.88 Å². The van der Waals surface area contributed by atoms with Gasteiger partial charge in [-0.1, -0.05) is 0 Å². The molecule has 0 radical (unpaired) electrons. The second-order valence-electron chi connectivity index (χ2n) is 5.71. The van der Waals surface area contributed by atoms with Crippen molar-refractivity contribution in [3.05, 3.63) is 59.0 Å². The molecule has 0 aliphatic carbocycles. The highest BCUT2D eigenvalue weighted by Gasteiger charge is 2.33. The average Bonchev–Trinajstić information content (AvgIpc) is 2.63. The van der Waals surface area contributed by atoms with Gasteiger partial charge in [-0.25, -0.2) is 0 Å². The highest BCUT2D eigenvalue weighted by molar-refractivity contribution is 5.60. The number of phenols is 1. The van der Waals surface area contributed by atoms with Crippen molar-refractivity contribution in [2.24, 2.45) is 5.73 Å². The minimum absolute atomic E-state index is 0.0416. The number of rotatable bonds is 5. The molecule has 0 bridgehead atoms. The molecule has 134 valence electrons. The van der Waals surface area contributed by atoms with Crippen LogP contribution in [-0.4, -0.2) is 18.3 Å². The molecule has 1 heterocycles. The fraction of sp³-hybridized carbons (Fsp3) is 0.250. The lowest BCUT2D eigenvalue weighted by Gasteiger charge is -2.28. The molecule has 26 heavy (non-hydrogen) atoms. The molecule has 0 saturated carbocycles. The molecule has 1 aliphatic heterocycles. The number of benzene rings is 2. The van der Waals surface area contributed by atoms with E-state index in [1.165, 1.54) is 6.07 Å². The summed E-state index contributed by atoms with van der Waals surface area (Å²) in [6.07, 6.45) is 0. The summed E-state index contributed by atoms with van der Waals surface area (Å²) in [5, 5.41) is 19.6. The SMILES string of the molecule is CCOc1ccc(OCC)c([C@H]2C(C#N)=C(N)Oc3ccc(O)cc32)c1. The first kappa shape index (κ1) is 17.5. The Kier molecular flexibility index (Phi) is 4.90. The fourth-order valence-electron chi connectivity index (χ4n) is 3.06. The van der Waals surface area contributed by atoms with Gasteiger partial charge in [0.1, 0.15) is 34.6 Å². The number of hydrogen-bond donors (Lipinski definition) is 2. The molecule has 2 aromatic carbocycles. The van der Waals surface area contributed by atoms with Crippen LogP contribution in [0.2, 0.25) is 0 Å². The number of phenolic OH excluding ortho intramolecular Hbond substituents is 1. The van der Waals surface area contributed by atoms with Gasteiger partial charge >= 0.3 is 0 Å². The minimum Gasteiger partial charge on any atom is -0.508 e. The Balaban J connectivity index is 2.25. The third kappa shape index (κ3) is 3.11. The maximum Gasteiger partial charge on any atom is 0.205 e. The lowest BCUT2D eigenvalue weighted by atomic mass is 9.83. The van der Waals surface area contributed by atoms with Gasteiger partial charge in [-0.2, -0.15) is 5.26 Å². The molecule has 0 fully saturated rings. The largest absolute Gasteiger partial charge is 0.508 e. The quantitative estimate of drug-likeness (QED) is 0.856. The van der Waals surface area contributed by atoms with Crippen molar-refractivity contribution in [1.82, 2.24) is 0 Å². The van der Waals surface area contributed by atoms with Crippen LogP contribution in [0.15, 0.2) is 47.9 Å². The molecule has 1 atom stereocenters. The highest BCUT2D eigenvalue weighted by Crippen LogP contribution is 2.46. The van der Waals surface area contributed by atoms with E-state index in [1.807, 2.05) is 32.0 Å². The van der Waals surface area contributed by atoms with Crippen LogP contribution in [0.4, 0.5) is 0 Å². The van der Waals surface area contributed by atoms with E-state index in [-0.39, 0.29) is 17.2 Å². The molecule has 0 amide bonds. The lowest BCUT2D eigenvalue weighted by Crippen LogP contribution is -2.21. The second kappa shape index (κ2) is 7.28. The summed E-state index contributed by atoms with van der Waals surface area (Å²) in [6, 6.07) is 12.3. The monoisotopic (exact) mass is 352 g/mol. The van der Waals surface area contributed by atoms with Crippen molar-refractivity contribution in [2.45, 2.75) is 19.8 Å². The van der Waals surface area contributed by atoms with Crippen molar-refractivity contribution in [3.8, 4) is 29.1 Å². The van der Waals surface area contributed by atoms with Gasteiger partial charge in [-0.15, -0.1) is 0 Å². The van der Waals surface area contributed by atoms with Gasteiger partial charge in [-0.05, 0) is 50.2 Å². The van der Waals surface area contributed by atoms with E-state index in [1.54, 1.807) is 12.1 Å². The molecule has 0 spiro atoms. The third-order valence-electron chi connectivity index (χ3n) is 4.10. The van der Waals surface area contributed by atoms with Crippen LogP contribution >= 0.6 is 0 Å². The van der Waals surface area contributed by atoms with Crippen LogP contribution in [0.3, 0.4) is 0 Å². The smallest absolute Gasteiger partial charge is 0.205 e. The predicted octanol–water partition coefficient (Wildman–Crippen LogP) is 3.41. The van der Waals surface area contributed by atoms with Crippen molar-refractivity contribution in [3.63, 3.8) is 0 Å². The van der Waals surface area contributed by atoms with Crippen LogP contribution < -0.4 is 19.9 Å². The van der Waals surface area contributed by atoms with E-state index in [2.05, 4.69) is 6.07 Å². The van der Waals surface area contributed by atoms with Crippen molar-refractivity contribution >= 4 is 0 Å². The molecule has 2 aromatic rings. The number of ether oxygens (including phenoxy) is 3. The average molecular weight is 352 g/mol. The standard InChI is InChI=1S/C20H20N2O4/c1-3-24-13-6-8-17(25-4-2)15(10-13)19-14-9-12(23)5-7-18(14)26-20(22)16(19)11-21/h5-10,19,23H,3-4,22H2,1-2H3/t19-/m0/s1. The normalized spacial score (nSPS) is 15.7. The predicted molar refractivity (Wildman–Crippen MR) is 96.2 cm³/mol. The topological polar surface area (TPSA) is 97.7 Å². The van der Waals surface area contributed by atoms with Crippen LogP contribution in [-0.2, 0) is 0 Å². The summed E-state index contributed by atoms with van der Waals surface area (Å²) in [4.78, 5) is 0. The van der Waals surface area contributed by atoms with Gasteiger partial charge in [0.05, 0.1) is 19.1 Å².